The molecule has 5 nitrogen and oxygen atoms in total. The first-order chi connectivity index (χ1) is 5.24. The average Bonchev–Trinajstić information content (AvgIpc) is 2.37. The molecular weight excluding hydrogens is 150 g/mol. The van der Waals surface area contributed by atoms with Crippen LogP contribution in [0, 0.1) is 10.1 Å². The van der Waals surface area contributed by atoms with Crippen molar-refractivity contribution in [2.75, 3.05) is 6.61 Å². The van der Waals surface area contributed by atoms with Crippen molar-refractivity contribution in [2.45, 2.75) is 6.42 Å². The van der Waals surface area contributed by atoms with Crippen LogP contribution in [-0.2, 0) is 6.42 Å². The van der Waals surface area contributed by atoms with Gasteiger partial charge in [-0.05, 0) is 6.07 Å². The van der Waals surface area contributed by atoms with Crippen molar-refractivity contribution in [1.29, 1.82) is 0 Å². The molecule has 0 fully saturated rings. The maximum atomic E-state index is 10.1. The molecule has 1 aromatic rings. The van der Waals surface area contributed by atoms with Crippen LogP contribution >= 0.6 is 0 Å². The summed E-state index contributed by atoms with van der Waals surface area (Å²) in [5.41, 5.74) is 0. The topological polar surface area (TPSA) is 76.5 Å². The van der Waals surface area contributed by atoms with E-state index in [1.165, 1.54) is 12.1 Å². The Morgan fingerprint density at radius 3 is 2.82 bits per heavy atom. The Bertz CT molecular complexity index is 255. The standard InChI is InChI=1S/C6H7NO4/c8-4-3-5-1-2-6(11-5)7(9)10/h1-2,8H,3-4H2. The summed E-state index contributed by atoms with van der Waals surface area (Å²) < 4.78 is 4.73. The molecule has 0 bridgehead atoms. The van der Waals surface area contributed by atoms with Crippen molar-refractivity contribution in [1.82, 2.24) is 0 Å². The molecule has 0 spiro atoms. The fourth-order valence-corrected chi connectivity index (χ4v) is 0.709. The minimum Gasteiger partial charge on any atom is -0.406 e. The van der Waals surface area contributed by atoms with Gasteiger partial charge >= 0.3 is 5.88 Å². The first-order valence-corrected chi connectivity index (χ1v) is 3.08. The van der Waals surface area contributed by atoms with Gasteiger partial charge in [0.15, 0.2) is 0 Å². The lowest BCUT2D eigenvalue weighted by molar-refractivity contribution is -0.402. The van der Waals surface area contributed by atoms with E-state index in [1.54, 1.807) is 0 Å². The molecular formula is C6H7NO4. The lowest BCUT2D eigenvalue weighted by atomic mass is 10.3. The predicted molar refractivity (Wildman–Crippen MR) is 36.2 cm³/mol. The molecule has 0 saturated heterocycles. The summed E-state index contributed by atoms with van der Waals surface area (Å²) in [7, 11) is 0. The molecule has 60 valence electrons. The fraction of sp³-hybridized carbons (Fsp3) is 0.333. The largest absolute Gasteiger partial charge is 0.433 e. The highest BCUT2D eigenvalue weighted by molar-refractivity contribution is 5.17. The van der Waals surface area contributed by atoms with E-state index in [-0.39, 0.29) is 12.5 Å². The van der Waals surface area contributed by atoms with Gasteiger partial charge in [-0.15, -0.1) is 0 Å². The molecule has 0 aliphatic carbocycles. The van der Waals surface area contributed by atoms with Gasteiger partial charge in [0.05, 0.1) is 12.7 Å². The Kier molecular flexibility index (Phi) is 2.22. The quantitative estimate of drug-likeness (QED) is 0.518. The minimum absolute atomic E-state index is 0.0648. The Morgan fingerprint density at radius 2 is 2.36 bits per heavy atom. The van der Waals surface area contributed by atoms with Crippen LogP contribution < -0.4 is 0 Å². The molecule has 0 radical (unpaired) electrons. The van der Waals surface area contributed by atoms with Crippen molar-refractivity contribution >= 4 is 5.88 Å². The van der Waals surface area contributed by atoms with Crippen LogP contribution in [0.4, 0.5) is 5.88 Å². The number of aliphatic hydroxyl groups excluding tert-OH is 1. The zero-order chi connectivity index (χ0) is 8.27. The van der Waals surface area contributed by atoms with E-state index < -0.39 is 4.92 Å². The second-order valence-corrected chi connectivity index (χ2v) is 1.97. The van der Waals surface area contributed by atoms with Crippen LogP contribution in [0.1, 0.15) is 5.76 Å². The zero-order valence-electron chi connectivity index (χ0n) is 5.69. The summed E-state index contributed by atoms with van der Waals surface area (Å²) in [4.78, 5) is 9.46. The van der Waals surface area contributed by atoms with Crippen LogP contribution in [-0.4, -0.2) is 16.6 Å². The lowest BCUT2D eigenvalue weighted by Gasteiger charge is -1.87. The Morgan fingerprint density at radius 1 is 1.64 bits per heavy atom. The zero-order valence-corrected chi connectivity index (χ0v) is 5.69. The van der Waals surface area contributed by atoms with Crippen molar-refractivity contribution < 1.29 is 14.4 Å². The van der Waals surface area contributed by atoms with Gasteiger partial charge in [0.25, 0.3) is 0 Å². The lowest BCUT2D eigenvalue weighted by Crippen LogP contribution is -1.87. The summed E-state index contributed by atoms with van der Waals surface area (Å²) in [5, 5.41) is 18.5. The van der Waals surface area contributed by atoms with Gasteiger partial charge in [-0.2, -0.15) is 0 Å². The molecule has 1 rings (SSSR count). The third kappa shape index (κ3) is 1.78. The van der Waals surface area contributed by atoms with Gasteiger partial charge in [-0.3, -0.25) is 10.1 Å². The van der Waals surface area contributed by atoms with E-state index >= 15 is 0 Å². The number of hydrogen-bond acceptors (Lipinski definition) is 4. The first-order valence-electron chi connectivity index (χ1n) is 3.08. The Hall–Kier alpha value is -1.36. The number of nitro groups is 1. The van der Waals surface area contributed by atoms with Crippen molar-refractivity contribution in [2.24, 2.45) is 0 Å². The monoisotopic (exact) mass is 157 g/mol. The Labute approximate surface area is 62.4 Å². The first kappa shape index (κ1) is 7.74. The third-order valence-electron chi connectivity index (χ3n) is 1.19. The maximum absolute atomic E-state index is 10.1. The van der Waals surface area contributed by atoms with Crippen LogP contribution in [0.2, 0.25) is 0 Å². The van der Waals surface area contributed by atoms with Crippen molar-refractivity contribution in [3.63, 3.8) is 0 Å². The van der Waals surface area contributed by atoms with Gasteiger partial charge < -0.3 is 9.52 Å². The molecule has 5 heteroatoms. The summed E-state index contributed by atoms with van der Waals surface area (Å²) >= 11 is 0. The highest BCUT2D eigenvalue weighted by Crippen LogP contribution is 2.15. The Balaban J connectivity index is 2.73. The fourth-order valence-electron chi connectivity index (χ4n) is 0.709. The van der Waals surface area contributed by atoms with E-state index in [9.17, 15) is 10.1 Å². The van der Waals surface area contributed by atoms with Gasteiger partial charge in [0, 0.05) is 6.42 Å². The smallest absolute Gasteiger partial charge is 0.406 e. The van der Waals surface area contributed by atoms with Gasteiger partial charge in [0.1, 0.15) is 10.7 Å². The normalized spacial score (nSPS) is 9.91. The summed E-state index contributed by atoms with van der Waals surface area (Å²) in [6.45, 7) is -0.0648. The number of nitrogens with zero attached hydrogens (tertiary/aromatic N) is 1. The van der Waals surface area contributed by atoms with Crippen LogP contribution in [0.15, 0.2) is 16.5 Å². The van der Waals surface area contributed by atoms with Crippen LogP contribution in [0.25, 0.3) is 0 Å². The number of furan rings is 1. The van der Waals surface area contributed by atoms with E-state index in [0.717, 1.165) is 0 Å². The molecule has 0 unspecified atom stereocenters. The van der Waals surface area contributed by atoms with E-state index in [1.807, 2.05) is 0 Å². The van der Waals surface area contributed by atoms with E-state index in [2.05, 4.69) is 0 Å². The number of rotatable bonds is 3. The minimum atomic E-state index is -0.610. The third-order valence-corrected chi connectivity index (χ3v) is 1.19. The van der Waals surface area contributed by atoms with E-state index in [0.29, 0.717) is 12.2 Å². The molecule has 0 saturated carbocycles. The van der Waals surface area contributed by atoms with Crippen LogP contribution in [0.3, 0.4) is 0 Å². The molecule has 1 aromatic heterocycles. The molecule has 0 amide bonds. The SMILES string of the molecule is O=[N+]([O-])c1ccc(CCO)o1. The molecule has 1 heterocycles. The van der Waals surface area contributed by atoms with Crippen LogP contribution in [0.5, 0.6) is 0 Å². The summed E-state index contributed by atoms with van der Waals surface area (Å²) in [6.07, 6.45) is 0.313. The highest BCUT2D eigenvalue weighted by atomic mass is 16.6. The van der Waals surface area contributed by atoms with Gasteiger partial charge in [0.2, 0.25) is 0 Å². The van der Waals surface area contributed by atoms with Crippen molar-refractivity contribution in [3.8, 4) is 0 Å². The van der Waals surface area contributed by atoms with Crippen molar-refractivity contribution in [3.05, 3.63) is 28.0 Å². The van der Waals surface area contributed by atoms with E-state index in [4.69, 9.17) is 9.52 Å². The second kappa shape index (κ2) is 3.16. The molecule has 11 heavy (non-hydrogen) atoms. The highest BCUT2D eigenvalue weighted by Gasteiger charge is 2.10. The average molecular weight is 157 g/mol. The molecule has 0 aliphatic rings. The number of aliphatic hydroxyl groups is 1. The predicted octanol–water partition coefficient (Wildman–Crippen LogP) is 0.723. The maximum Gasteiger partial charge on any atom is 0.433 e. The molecule has 0 atom stereocenters. The number of hydrogen-bond donors (Lipinski definition) is 1. The molecule has 0 aromatic carbocycles. The molecule has 1 N–H and O–H groups in total. The molecule has 0 aliphatic heterocycles. The van der Waals surface area contributed by atoms with Gasteiger partial charge in [-0.25, -0.2) is 0 Å². The van der Waals surface area contributed by atoms with Gasteiger partial charge in [-0.1, -0.05) is 0 Å². The second-order valence-electron chi connectivity index (χ2n) is 1.97. The summed E-state index contributed by atoms with van der Waals surface area (Å²) in [5.74, 6) is 0.146. The summed E-state index contributed by atoms with van der Waals surface area (Å²) in [6, 6.07) is 2.75.